The molecule has 0 aliphatic carbocycles. The lowest BCUT2D eigenvalue weighted by molar-refractivity contribution is -0.137. The van der Waals surface area contributed by atoms with E-state index in [4.69, 9.17) is 9.63 Å². The van der Waals surface area contributed by atoms with Gasteiger partial charge < -0.3 is 25.2 Å². The highest BCUT2D eigenvalue weighted by Crippen LogP contribution is 2.47. The zero-order valence-electron chi connectivity index (χ0n) is 21.3. The van der Waals surface area contributed by atoms with Gasteiger partial charge in [0.2, 0.25) is 5.91 Å². The van der Waals surface area contributed by atoms with Crippen molar-refractivity contribution in [1.82, 2.24) is 10.1 Å². The first-order chi connectivity index (χ1) is 17.6. The maximum atomic E-state index is 13.4. The lowest BCUT2D eigenvalue weighted by atomic mass is 9.81. The Bertz CT molecular complexity index is 1280. The lowest BCUT2D eigenvalue weighted by Gasteiger charge is -2.32. The number of aliphatic carboxylic acids is 1. The van der Waals surface area contributed by atoms with Crippen molar-refractivity contribution in [2.24, 2.45) is 5.41 Å². The van der Waals surface area contributed by atoms with E-state index in [0.29, 0.717) is 24.3 Å². The molecule has 1 aromatic heterocycles. The summed E-state index contributed by atoms with van der Waals surface area (Å²) < 4.78 is 5.20. The number of carbonyl (C=O) groups is 3. The Hall–Kier alpha value is -4.14. The van der Waals surface area contributed by atoms with E-state index < -0.39 is 5.97 Å². The first kappa shape index (κ1) is 25.9. The third-order valence-electron chi connectivity index (χ3n) is 6.87. The standard InChI is InChI=1S/C28H32N4O5/c1-18-6-4-5-7-22(18)30-27(36)29-21-11-8-19(9-12-21)16-23(33)32-15-14-28(2,3)26(32)25-20(17-37-31-25)10-13-24(34)35/h4-9,11-12,17,26H,10,13-16H2,1-3H3,(H,34,35)(H2,29,30,36). The molecular formula is C28H32N4O5. The number of likely N-dealkylation sites (tertiary alicyclic amines) is 1. The van der Waals surface area contributed by atoms with Crippen LogP contribution >= 0.6 is 0 Å². The van der Waals surface area contributed by atoms with Gasteiger partial charge in [0, 0.05) is 29.9 Å². The summed E-state index contributed by atoms with van der Waals surface area (Å²) >= 11 is 0. The molecule has 2 heterocycles. The second-order valence-corrected chi connectivity index (χ2v) is 10.1. The van der Waals surface area contributed by atoms with E-state index >= 15 is 0 Å². The van der Waals surface area contributed by atoms with Gasteiger partial charge >= 0.3 is 12.0 Å². The summed E-state index contributed by atoms with van der Waals surface area (Å²) in [6, 6.07) is 14.1. The minimum Gasteiger partial charge on any atom is -0.481 e. The van der Waals surface area contributed by atoms with Crippen molar-refractivity contribution in [3.8, 4) is 0 Å². The van der Waals surface area contributed by atoms with Gasteiger partial charge in [-0.3, -0.25) is 9.59 Å². The molecular weight excluding hydrogens is 472 g/mol. The van der Waals surface area contributed by atoms with Crippen LogP contribution in [0.2, 0.25) is 0 Å². The third-order valence-corrected chi connectivity index (χ3v) is 6.87. The van der Waals surface area contributed by atoms with Crippen molar-refractivity contribution in [2.45, 2.75) is 52.5 Å². The average molecular weight is 505 g/mol. The van der Waals surface area contributed by atoms with E-state index in [1.54, 1.807) is 12.1 Å². The number of carbonyl (C=O) groups excluding carboxylic acids is 2. The summed E-state index contributed by atoms with van der Waals surface area (Å²) in [5.41, 5.74) is 4.27. The largest absolute Gasteiger partial charge is 0.481 e. The number of rotatable bonds is 8. The van der Waals surface area contributed by atoms with Crippen molar-refractivity contribution in [3.63, 3.8) is 0 Å². The molecule has 0 bridgehead atoms. The predicted molar refractivity (Wildman–Crippen MR) is 139 cm³/mol. The molecule has 9 nitrogen and oxygen atoms in total. The number of hydrogen-bond acceptors (Lipinski definition) is 5. The monoisotopic (exact) mass is 504 g/mol. The average Bonchev–Trinajstić information content (AvgIpc) is 3.43. The number of urea groups is 1. The number of carboxylic acid groups (broad SMARTS) is 1. The van der Waals surface area contributed by atoms with E-state index in [-0.39, 0.29) is 36.2 Å². The van der Waals surface area contributed by atoms with Gasteiger partial charge in [-0.2, -0.15) is 0 Å². The highest BCUT2D eigenvalue weighted by Gasteiger charge is 2.45. The highest BCUT2D eigenvalue weighted by molar-refractivity contribution is 6.00. The molecule has 0 spiro atoms. The Morgan fingerprint density at radius 2 is 1.84 bits per heavy atom. The smallest absolute Gasteiger partial charge is 0.323 e. The summed E-state index contributed by atoms with van der Waals surface area (Å²) in [6.07, 6.45) is 2.75. The van der Waals surface area contributed by atoms with Crippen molar-refractivity contribution in [2.75, 3.05) is 17.2 Å². The minimum atomic E-state index is -0.892. The topological polar surface area (TPSA) is 125 Å². The van der Waals surface area contributed by atoms with Crippen LogP contribution < -0.4 is 10.6 Å². The van der Waals surface area contributed by atoms with Crippen LogP contribution in [0, 0.1) is 12.3 Å². The zero-order valence-corrected chi connectivity index (χ0v) is 21.3. The minimum absolute atomic E-state index is 0.0291. The van der Waals surface area contributed by atoms with E-state index in [1.807, 2.05) is 48.2 Å². The number of hydrogen-bond donors (Lipinski definition) is 3. The fourth-order valence-corrected chi connectivity index (χ4v) is 4.78. The number of aromatic nitrogens is 1. The van der Waals surface area contributed by atoms with E-state index in [0.717, 1.165) is 28.8 Å². The number of amides is 3. The van der Waals surface area contributed by atoms with Gasteiger partial charge in [0.1, 0.15) is 12.0 Å². The van der Waals surface area contributed by atoms with Crippen LogP contribution in [0.15, 0.2) is 59.3 Å². The molecule has 3 aromatic rings. The van der Waals surface area contributed by atoms with Gasteiger partial charge in [-0.05, 0) is 54.5 Å². The van der Waals surface area contributed by atoms with Gasteiger partial charge in [-0.25, -0.2) is 4.79 Å². The van der Waals surface area contributed by atoms with Crippen LogP contribution in [0.4, 0.5) is 16.2 Å². The number of anilines is 2. The van der Waals surface area contributed by atoms with E-state index in [9.17, 15) is 14.4 Å². The fourth-order valence-electron chi connectivity index (χ4n) is 4.78. The van der Waals surface area contributed by atoms with Crippen LogP contribution in [0.1, 0.15) is 55.1 Å². The summed E-state index contributed by atoms with van der Waals surface area (Å²) in [7, 11) is 0. The summed E-state index contributed by atoms with van der Waals surface area (Å²) in [5.74, 6) is -0.933. The Morgan fingerprint density at radius 1 is 1.11 bits per heavy atom. The molecule has 1 aliphatic heterocycles. The molecule has 1 unspecified atom stereocenters. The lowest BCUT2D eigenvalue weighted by Crippen LogP contribution is -2.36. The number of benzene rings is 2. The summed E-state index contributed by atoms with van der Waals surface area (Å²) in [5, 5.41) is 18.9. The maximum absolute atomic E-state index is 13.4. The quantitative estimate of drug-likeness (QED) is 0.388. The first-order valence-corrected chi connectivity index (χ1v) is 12.3. The van der Waals surface area contributed by atoms with Gasteiger partial charge in [0.15, 0.2) is 0 Å². The first-order valence-electron chi connectivity index (χ1n) is 12.3. The summed E-state index contributed by atoms with van der Waals surface area (Å²) in [6.45, 7) is 6.68. The molecule has 37 heavy (non-hydrogen) atoms. The van der Waals surface area contributed by atoms with Gasteiger partial charge in [0.25, 0.3) is 0 Å². The molecule has 4 rings (SSSR count). The number of carboxylic acids is 1. The molecule has 0 saturated carbocycles. The molecule has 1 fully saturated rings. The Morgan fingerprint density at radius 3 is 2.54 bits per heavy atom. The number of nitrogens with zero attached hydrogens (tertiary/aromatic N) is 2. The molecule has 1 saturated heterocycles. The number of aryl methyl sites for hydroxylation is 2. The fraction of sp³-hybridized carbons (Fsp3) is 0.357. The molecule has 1 aliphatic rings. The van der Waals surface area contributed by atoms with Crippen LogP contribution in [0.25, 0.3) is 0 Å². The van der Waals surface area contributed by atoms with Crippen LogP contribution in [0.5, 0.6) is 0 Å². The zero-order chi connectivity index (χ0) is 26.6. The maximum Gasteiger partial charge on any atom is 0.323 e. The van der Waals surface area contributed by atoms with Crippen molar-refractivity contribution in [3.05, 3.63) is 77.2 Å². The highest BCUT2D eigenvalue weighted by atomic mass is 16.5. The van der Waals surface area contributed by atoms with Crippen molar-refractivity contribution < 1.29 is 24.0 Å². The Balaban J connectivity index is 1.41. The second-order valence-electron chi connectivity index (χ2n) is 10.1. The van der Waals surface area contributed by atoms with Crippen molar-refractivity contribution in [1.29, 1.82) is 0 Å². The SMILES string of the molecule is Cc1ccccc1NC(=O)Nc1ccc(CC(=O)N2CCC(C)(C)C2c2nocc2CCC(=O)O)cc1. The molecule has 9 heteroatoms. The summed E-state index contributed by atoms with van der Waals surface area (Å²) in [4.78, 5) is 38.6. The number of para-hydroxylation sites is 1. The van der Waals surface area contributed by atoms with Gasteiger partial charge in [-0.15, -0.1) is 0 Å². The predicted octanol–water partition coefficient (Wildman–Crippen LogP) is 5.19. The molecule has 3 N–H and O–H groups in total. The van der Waals surface area contributed by atoms with Crippen molar-refractivity contribution >= 4 is 29.3 Å². The Kier molecular flexibility index (Phi) is 7.61. The Labute approximate surface area is 215 Å². The molecule has 2 aromatic carbocycles. The molecule has 0 radical (unpaired) electrons. The van der Waals surface area contributed by atoms with Crippen LogP contribution in [0.3, 0.4) is 0 Å². The van der Waals surface area contributed by atoms with Gasteiger partial charge in [-0.1, -0.05) is 49.3 Å². The normalized spacial score (nSPS) is 16.4. The van der Waals surface area contributed by atoms with Crippen LogP contribution in [-0.4, -0.2) is 39.6 Å². The molecule has 1 atom stereocenters. The van der Waals surface area contributed by atoms with Crippen LogP contribution in [-0.2, 0) is 22.4 Å². The van der Waals surface area contributed by atoms with E-state index in [2.05, 4.69) is 29.6 Å². The van der Waals surface area contributed by atoms with E-state index in [1.165, 1.54) is 6.26 Å². The number of nitrogens with one attached hydrogen (secondary N) is 2. The third kappa shape index (κ3) is 6.17. The second kappa shape index (κ2) is 10.9. The van der Waals surface area contributed by atoms with Gasteiger partial charge in [0.05, 0.1) is 12.5 Å². The molecule has 3 amide bonds. The molecule has 194 valence electrons.